The fourth-order valence-electron chi connectivity index (χ4n) is 2.71. The van der Waals surface area contributed by atoms with Gasteiger partial charge < -0.3 is 19.9 Å². The van der Waals surface area contributed by atoms with Crippen molar-refractivity contribution in [3.05, 3.63) is 0 Å². The van der Waals surface area contributed by atoms with E-state index in [1.165, 1.54) is 0 Å². The molecule has 0 aromatic heterocycles. The quantitative estimate of drug-likeness (QED) is 0.619. The van der Waals surface area contributed by atoms with Crippen LogP contribution in [0.25, 0.3) is 0 Å². The van der Waals surface area contributed by atoms with Crippen LogP contribution in [0.15, 0.2) is 0 Å². The van der Waals surface area contributed by atoms with Crippen LogP contribution >= 0.6 is 0 Å². The highest BCUT2D eigenvalue weighted by atomic mass is 16.5. The largest absolute Gasteiger partial charge is 0.394 e. The van der Waals surface area contributed by atoms with Gasteiger partial charge in [-0.05, 0) is 38.6 Å². The molecule has 0 spiro atoms. The molecule has 0 saturated heterocycles. The van der Waals surface area contributed by atoms with E-state index in [0.717, 1.165) is 45.3 Å². The second kappa shape index (κ2) is 8.86. The predicted octanol–water partition coefficient (Wildman–Crippen LogP) is 1.71. The first kappa shape index (κ1) is 15.9. The van der Waals surface area contributed by atoms with Crippen molar-refractivity contribution in [3.8, 4) is 0 Å². The minimum Gasteiger partial charge on any atom is -0.394 e. The van der Waals surface area contributed by atoms with Crippen LogP contribution in [0.2, 0.25) is 0 Å². The third-order valence-corrected chi connectivity index (χ3v) is 3.58. The summed E-state index contributed by atoms with van der Waals surface area (Å²) in [5.41, 5.74) is -0.123. The van der Waals surface area contributed by atoms with Gasteiger partial charge >= 0.3 is 0 Å². The van der Waals surface area contributed by atoms with Crippen LogP contribution < -0.4 is 5.32 Å². The molecule has 108 valence electrons. The number of ether oxygens (including phenoxy) is 2. The average Bonchev–Trinajstić information content (AvgIpc) is 2.39. The third-order valence-electron chi connectivity index (χ3n) is 3.58. The van der Waals surface area contributed by atoms with E-state index in [1.807, 2.05) is 0 Å². The van der Waals surface area contributed by atoms with Gasteiger partial charge in [-0.3, -0.25) is 0 Å². The second-order valence-electron chi connectivity index (χ2n) is 5.17. The molecule has 2 unspecified atom stereocenters. The molecule has 1 aliphatic rings. The smallest absolute Gasteiger partial charge is 0.0704 e. The Morgan fingerprint density at radius 1 is 1.28 bits per heavy atom. The van der Waals surface area contributed by atoms with E-state index in [9.17, 15) is 5.11 Å². The molecule has 0 bridgehead atoms. The van der Waals surface area contributed by atoms with Crippen LogP contribution in [-0.4, -0.2) is 49.7 Å². The van der Waals surface area contributed by atoms with E-state index < -0.39 is 0 Å². The van der Waals surface area contributed by atoms with E-state index in [4.69, 9.17) is 9.47 Å². The number of likely N-dealkylation sites (N-methyl/N-ethyl adjacent to an activating group) is 1. The number of hydrogen-bond donors (Lipinski definition) is 2. The zero-order valence-corrected chi connectivity index (χ0v) is 11.9. The summed E-state index contributed by atoms with van der Waals surface area (Å²) in [5, 5.41) is 13.0. The van der Waals surface area contributed by atoms with Crippen LogP contribution in [-0.2, 0) is 9.47 Å². The average molecular weight is 259 g/mol. The van der Waals surface area contributed by atoms with Gasteiger partial charge in [-0.1, -0.05) is 13.8 Å². The summed E-state index contributed by atoms with van der Waals surface area (Å²) < 4.78 is 11.3. The first-order chi connectivity index (χ1) is 8.76. The summed E-state index contributed by atoms with van der Waals surface area (Å²) in [4.78, 5) is 0. The molecule has 0 aromatic carbocycles. The van der Waals surface area contributed by atoms with E-state index >= 15 is 0 Å². The minimum absolute atomic E-state index is 0.123. The summed E-state index contributed by atoms with van der Waals surface area (Å²) in [5.74, 6) is 0. The van der Waals surface area contributed by atoms with Crippen LogP contribution in [0.4, 0.5) is 0 Å². The lowest BCUT2D eigenvalue weighted by atomic mass is 9.80. The Kier molecular flexibility index (Phi) is 7.82. The van der Waals surface area contributed by atoms with Crippen molar-refractivity contribution in [1.82, 2.24) is 5.32 Å². The Balaban J connectivity index is 2.25. The molecule has 0 aromatic rings. The van der Waals surface area contributed by atoms with Crippen molar-refractivity contribution < 1.29 is 14.6 Å². The number of rotatable bonds is 9. The van der Waals surface area contributed by atoms with Crippen LogP contribution in [0.5, 0.6) is 0 Å². The number of nitrogens with one attached hydrogen (secondary N) is 1. The van der Waals surface area contributed by atoms with E-state index in [1.54, 1.807) is 0 Å². The molecule has 0 heterocycles. The van der Waals surface area contributed by atoms with Crippen LogP contribution in [0.3, 0.4) is 0 Å². The summed E-state index contributed by atoms with van der Waals surface area (Å²) in [7, 11) is 0. The van der Waals surface area contributed by atoms with Gasteiger partial charge in [0.15, 0.2) is 0 Å². The van der Waals surface area contributed by atoms with Gasteiger partial charge in [0, 0.05) is 12.1 Å². The SMILES string of the molecule is CCCOCCOC1CCCC(CO)(NCC)C1. The van der Waals surface area contributed by atoms with Gasteiger partial charge in [-0.2, -0.15) is 0 Å². The Morgan fingerprint density at radius 3 is 2.78 bits per heavy atom. The summed E-state index contributed by atoms with van der Waals surface area (Å²) >= 11 is 0. The maximum absolute atomic E-state index is 9.59. The molecule has 0 radical (unpaired) electrons. The Labute approximate surface area is 111 Å². The van der Waals surface area contributed by atoms with Crippen molar-refractivity contribution in [2.75, 3.05) is 33.0 Å². The fourth-order valence-corrected chi connectivity index (χ4v) is 2.71. The number of hydrogen-bond acceptors (Lipinski definition) is 4. The lowest BCUT2D eigenvalue weighted by molar-refractivity contribution is -0.0373. The monoisotopic (exact) mass is 259 g/mol. The van der Waals surface area contributed by atoms with Gasteiger partial charge in [0.25, 0.3) is 0 Å². The fraction of sp³-hybridized carbons (Fsp3) is 1.00. The lowest BCUT2D eigenvalue weighted by Crippen LogP contribution is -2.53. The molecule has 2 N–H and O–H groups in total. The molecule has 18 heavy (non-hydrogen) atoms. The summed E-state index contributed by atoms with van der Waals surface area (Å²) in [6.45, 7) is 7.44. The highest BCUT2D eigenvalue weighted by Crippen LogP contribution is 2.29. The van der Waals surface area contributed by atoms with Crippen molar-refractivity contribution in [1.29, 1.82) is 0 Å². The Bertz CT molecular complexity index is 209. The second-order valence-corrected chi connectivity index (χ2v) is 5.17. The van der Waals surface area contributed by atoms with Crippen molar-refractivity contribution in [3.63, 3.8) is 0 Å². The number of aliphatic hydroxyl groups is 1. The molecule has 1 aliphatic carbocycles. The van der Waals surface area contributed by atoms with E-state index in [0.29, 0.717) is 13.2 Å². The Morgan fingerprint density at radius 2 is 2.11 bits per heavy atom. The van der Waals surface area contributed by atoms with E-state index in [2.05, 4.69) is 19.2 Å². The highest BCUT2D eigenvalue weighted by Gasteiger charge is 2.35. The maximum atomic E-state index is 9.59. The number of aliphatic hydroxyl groups excluding tert-OH is 1. The molecule has 4 heteroatoms. The summed E-state index contributed by atoms with van der Waals surface area (Å²) in [6, 6.07) is 0. The molecule has 0 aliphatic heterocycles. The molecule has 2 atom stereocenters. The topological polar surface area (TPSA) is 50.7 Å². The van der Waals surface area contributed by atoms with Gasteiger partial charge in [-0.25, -0.2) is 0 Å². The first-order valence-electron chi connectivity index (χ1n) is 7.31. The standard InChI is InChI=1S/C14H29NO3/c1-3-8-17-9-10-18-13-6-5-7-14(11-13,12-16)15-4-2/h13,15-16H,3-12H2,1-2H3. The molecular formula is C14H29NO3. The maximum Gasteiger partial charge on any atom is 0.0704 e. The predicted molar refractivity (Wildman–Crippen MR) is 72.8 cm³/mol. The van der Waals surface area contributed by atoms with Gasteiger partial charge in [-0.15, -0.1) is 0 Å². The Hall–Kier alpha value is -0.160. The van der Waals surface area contributed by atoms with E-state index in [-0.39, 0.29) is 18.2 Å². The lowest BCUT2D eigenvalue weighted by Gasteiger charge is -2.40. The highest BCUT2D eigenvalue weighted by molar-refractivity contribution is 4.93. The normalized spacial score (nSPS) is 28.5. The first-order valence-corrected chi connectivity index (χ1v) is 7.31. The van der Waals surface area contributed by atoms with Crippen molar-refractivity contribution >= 4 is 0 Å². The van der Waals surface area contributed by atoms with Crippen LogP contribution in [0.1, 0.15) is 46.0 Å². The van der Waals surface area contributed by atoms with Crippen LogP contribution in [0, 0.1) is 0 Å². The molecule has 4 nitrogen and oxygen atoms in total. The molecule has 0 amide bonds. The zero-order valence-electron chi connectivity index (χ0n) is 11.9. The zero-order chi connectivity index (χ0) is 13.3. The molecular weight excluding hydrogens is 230 g/mol. The van der Waals surface area contributed by atoms with Crippen molar-refractivity contribution in [2.24, 2.45) is 0 Å². The molecule has 1 fully saturated rings. The van der Waals surface area contributed by atoms with Gasteiger partial charge in [0.05, 0.1) is 25.9 Å². The summed E-state index contributed by atoms with van der Waals surface area (Å²) in [6.07, 6.45) is 5.48. The molecule has 1 rings (SSSR count). The van der Waals surface area contributed by atoms with Gasteiger partial charge in [0.2, 0.25) is 0 Å². The van der Waals surface area contributed by atoms with Gasteiger partial charge in [0.1, 0.15) is 0 Å². The van der Waals surface area contributed by atoms with Crippen molar-refractivity contribution in [2.45, 2.75) is 57.6 Å². The minimum atomic E-state index is -0.123. The third kappa shape index (κ3) is 5.22. The molecule has 1 saturated carbocycles.